The highest BCUT2D eigenvalue weighted by atomic mass is 16.2. The van der Waals surface area contributed by atoms with Gasteiger partial charge in [0.05, 0.1) is 5.41 Å². The van der Waals surface area contributed by atoms with Crippen molar-refractivity contribution in [3.05, 3.63) is 65.4 Å². The number of benzene rings is 1. The SMILES string of the molecule is C=C(C)Cc1ccc(NC(=C)C2(C(=O)NC(=N)/C=C(\C)C(C)(C)C)CC2)cc1C. The number of hydrogen-bond donors (Lipinski definition) is 3. The Balaban J connectivity index is 2.05. The largest absolute Gasteiger partial charge is 0.358 e. The van der Waals surface area contributed by atoms with E-state index in [1.54, 1.807) is 6.08 Å². The van der Waals surface area contributed by atoms with Crippen LogP contribution in [0.4, 0.5) is 5.69 Å². The number of carbonyl (C=O) groups excluding carboxylic acids is 1. The lowest BCUT2D eigenvalue weighted by Crippen LogP contribution is -2.38. The molecular weight excluding hydrogens is 358 g/mol. The van der Waals surface area contributed by atoms with Gasteiger partial charge in [0.1, 0.15) is 5.84 Å². The van der Waals surface area contributed by atoms with Crippen LogP contribution in [0.3, 0.4) is 0 Å². The van der Waals surface area contributed by atoms with Gasteiger partial charge in [0.2, 0.25) is 5.91 Å². The fourth-order valence-electron chi connectivity index (χ4n) is 3.09. The van der Waals surface area contributed by atoms with Crippen molar-refractivity contribution >= 4 is 17.4 Å². The second-order valence-corrected chi connectivity index (χ2v) is 9.41. The van der Waals surface area contributed by atoms with E-state index in [-0.39, 0.29) is 17.2 Å². The molecule has 0 spiro atoms. The maximum absolute atomic E-state index is 12.9. The van der Waals surface area contributed by atoms with Crippen molar-refractivity contribution in [2.45, 2.75) is 60.8 Å². The summed E-state index contributed by atoms with van der Waals surface area (Å²) in [6.45, 7) is 20.5. The molecule has 1 aliphatic carbocycles. The Bertz CT molecular complexity index is 880. The lowest BCUT2D eigenvalue weighted by atomic mass is 9.87. The summed E-state index contributed by atoms with van der Waals surface area (Å²) in [5.41, 5.74) is 5.56. The van der Waals surface area contributed by atoms with Crippen LogP contribution < -0.4 is 10.6 Å². The molecule has 0 heterocycles. The Morgan fingerprint density at radius 3 is 2.34 bits per heavy atom. The summed E-state index contributed by atoms with van der Waals surface area (Å²) in [7, 11) is 0. The second-order valence-electron chi connectivity index (χ2n) is 9.41. The van der Waals surface area contributed by atoms with Gasteiger partial charge in [0.25, 0.3) is 0 Å². The Hall–Kier alpha value is -2.62. The van der Waals surface area contributed by atoms with E-state index in [1.807, 2.05) is 19.9 Å². The van der Waals surface area contributed by atoms with Crippen LogP contribution in [0.5, 0.6) is 0 Å². The normalized spacial score (nSPS) is 15.4. The van der Waals surface area contributed by atoms with Gasteiger partial charge in [0, 0.05) is 11.4 Å². The summed E-state index contributed by atoms with van der Waals surface area (Å²) in [6, 6.07) is 6.19. The zero-order valence-electron chi connectivity index (χ0n) is 18.8. The quantitative estimate of drug-likeness (QED) is 0.306. The highest BCUT2D eigenvalue weighted by Gasteiger charge is 2.52. The minimum Gasteiger partial charge on any atom is -0.358 e. The first-order chi connectivity index (χ1) is 13.3. The molecule has 156 valence electrons. The lowest BCUT2D eigenvalue weighted by Gasteiger charge is -2.22. The van der Waals surface area contributed by atoms with E-state index in [4.69, 9.17) is 5.41 Å². The summed E-state index contributed by atoms with van der Waals surface area (Å²) < 4.78 is 0. The van der Waals surface area contributed by atoms with Gasteiger partial charge in [-0.25, -0.2) is 0 Å². The average Bonchev–Trinajstić information content (AvgIpc) is 3.38. The lowest BCUT2D eigenvalue weighted by molar-refractivity contribution is -0.123. The Labute approximate surface area is 175 Å². The van der Waals surface area contributed by atoms with Gasteiger partial charge < -0.3 is 10.6 Å². The van der Waals surface area contributed by atoms with Crippen molar-refractivity contribution < 1.29 is 4.79 Å². The molecule has 2 rings (SSSR count). The van der Waals surface area contributed by atoms with Crippen LogP contribution in [0, 0.1) is 23.2 Å². The van der Waals surface area contributed by atoms with Crippen LogP contribution in [-0.2, 0) is 11.2 Å². The van der Waals surface area contributed by atoms with Crippen LogP contribution in [0.15, 0.2) is 54.3 Å². The van der Waals surface area contributed by atoms with E-state index in [9.17, 15) is 4.79 Å². The molecule has 0 unspecified atom stereocenters. The first-order valence-electron chi connectivity index (χ1n) is 10.1. The number of allylic oxidation sites excluding steroid dienone is 2. The summed E-state index contributed by atoms with van der Waals surface area (Å²) in [5.74, 6) is -0.0323. The number of hydrogen-bond acceptors (Lipinski definition) is 3. The fourth-order valence-corrected chi connectivity index (χ4v) is 3.09. The number of amides is 1. The van der Waals surface area contributed by atoms with E-state index < -0.39 is 5.41 Å². The number of nitrogens with one attached hydrogen (secondary N) is 3. The molecule has 4 heteroatoms. The van der Waals surface area contributed by atoms with E-state index in [0.29, 0.717) is 5.70 Å². The standard InChI is InChI=1S/C25H35N3O/c1-16(2)13-20-9-10-21(14-17(20)3)27-19(5)25(11-12-25)23(29)28-22(26)15-18(4)24(6,7)8/h9-10,14-15,27H,1,5,11-13H2,2-4,6-8H3,(H2,26,28,29)/b18-15+. The molecule has 0 bridgehead atoms. The fraction of sp³-hybridized carbons (Fsp3) is 0.440. The van der Waals surface area contributed by atoms with Crippen LogP contribution in [0.25, 0.3) is 0 Å². The van der Waals surface area contributed by atoms with Crippen LogP contribution in [-0.4, -0.2) is 11.7 Å². The third kappa shape index (κ3) is 5.69. The van der Waals surface area contributed by atoms with Gasteiger partial charge in [-0.15, -0.1) is 0 Å². The third-order valence-electron chi connectivity index (χ3n) is 5.68. The summed E-state index contributed by atoms with van der Waals surface area (Å²) in [5, 5.41) is 14.2. The highest BCUT2D eigenvalue weighted by molar-refractivity contribution is 6.06. The van der Waals surface area contributed by atoms with Gasteiger partial charge in [-0.05, 0) is 74.8 Å². The van der Waals surface area contributed by atoms with Crippen LogP contribution in [0.1, 0.15) is 58.6 Å². The van der Waals surface area contributed by atoms with Crippen molar-refractivity contribution in [3.8, 4) is 0 Å². The molecular formula is C25H35N3O. The molecule has 0 atom stereocenters. The number of aryl methyl sites for hydroxylation is 1. The van der Waals surface area contributed by atoms with Gasteiger partial charge >= 0.3 is 0 Å². The molecule has 1 aromatic rings. The van der Waals surface area contributed by atoms with Gasteiger partial charge in [-0.1, -0.05) is 51.1 Å². The van der Waals surface area contributed by atoms with Crippen molar-refractivity contribution in [2.75, 3.05) is 5.32 Å². The summed E-state index contributed by atoms with van der Waals surface area (Å²) >= 11 is 0. The predicted molar refractivity (Wildman–Crippen MR) is 123 cm³/mol. The topological polar surface area (TPSA) is 65.0 Å². The van der Waals surface area contributed by atoms with Gasteiger partial charge in [0.15, 0.2) is 0 Å². The number of rotatable bonds is 7. The maximum atomic E-state index is 12.9. The highest BCUT2D eigenvalue weighted by Crippen LogP contribution is 2.51. The molecule has 1 amide bonds. The average molecular weight is 394 g/mol. The molecule has 0 aromatic heterocycles. The van der Waals surface area contributed by atoms with E-state index >= 15 is 0 Å². The Morgan fingerprint density at radius 1 is 1.24 bits per heavy atom. The van der Waals surface area contributed by atoms with Crippen molar-refractivity contribution in [1.82, 2.24) is 5.32 Å². The smallest absolute Gasteiger partial charge is 0.237 e. The molecule has 1 aliphatic rings. The Morgan fingerprint density at radius 2 is 1.86 bits per heavy atom. The van der Waals surface area contributed by atoms with E-state index in [0.717, 1.165) is 36.1 Å². The summed E-state index contributed by atoms with van der Waals surface area (Å²) in [4.78, 5) is 12.9. The van der Waals surface area contributed by atoms with Crippen LogP contribution >= 0.6 is 0 Å². The molecule has 1 fully saturated rings. The third-order valence-corrected chi connectivity index (χ3v) is 5.68. The number of anilines is 1. The zero-order valence-corrected chi connectivity index (χ0v) is 18.8. The van der Waals surface area contributed by atoms with Gasteiger partial charge in [-0.2, -0.15) is 0 Å². The molecule has 0 aliphatic heterocycles. The minimum absolute atomic E-state index is 0.0341. The molecule has 0 saturated heterocycles. The first kappa shape index (κ1) is 22.7. The molecule has 0 radical (unpaired) electrons. The van der Waals surface area contributed by atoms with E-state index in [1.165, 1.54) is 11.1 Å². The number of amidine groups is 1. The molecule has 4 nitrogen and oxygen atoms in total. The van der Waals surface area contributed by atoms with E-state index in [2.05, 4.69) is 63.6 Å². The first-order valence-corrected chi connectivity index (χ1v) is 10.1. The van der Waals surface area contributed by atoms with Crippen molar-refractivity contribution in [1.29, 1.82) is 5.41 Å². The predicted octanol–water partition coefficient (Wildman–Crippen LogP) is 5.91. The second kappa shape index (κ2) is 8.40. The van der Waals surface area contributed by atoms with Crippen LogP contribution in [0.2, 0.25) is 0 Å². The zero-order chi connectivity index (χ0) is 22.0. The van der Waals surface area contributed by atoms with Crippen molar-refractivity contribution in [3.63, 3.8) is 0 Å². The molecule has 1 saturated carbocycles. The maximum Gasteiger partial charge on any atom is 0.237 e. The van der Waals surface area contributed by atoms with Gasteiger partial charge in [-0.3, -0.25) is 10.2 Å². The monoisotopic (exact) mass is 393 g/mol. The molecule has 1 aromatic carbocycles. The number of carbonyl (C=O) groups is 1. The molecule has 3 N–H and O–H groups in total. The molecule has 29 heavy (non-hydrogen) atoms. The Kier molecular flexibility index (Phi) is 6.56. The van der Waals surface area contributed by atoms with Crippen molar-refractivity contribution in [2.24, 2.45) is 10.8 Å². The summed E-state index contributed by atoms with van der Waals surface area (Å²) in [6.07, 6.45) is 4.08. The minimum atomic E-state index is -0.639.